The molecule has 1 saturated heterocycles. The highest BCUT2D eigenvalue weighted by Crippen LogP contribution is 2.30. The Morgan fingerprint density at radius 3 is 2.77 bits per heavy atom. The van der Waals surface area contributed by atoms with Gasteiger partial charge in [0.2, 0.25) is 0 Å². The summed E-state index contributed by atoms with van der Waals surface area (Å²) < 4.78 is 0. The normalized spacial score (nSPS) is 15.2. The lowest BCUT2D eigenvalue weighted by Gasteiger charge is -2.24. The van der Waals surface area contributed by atoms with Gasteiger partial charge in [-0.1, -0.05) is 29.0 Å². The molecule has 2 N–H and O–H groups in total. The molecule has 0 amide bonds. The van der Waals surface area contributed by atoms with Crippen molar-refractivity contribution in [3.63, 3.8) is 0 Å². The first-order valence-corrected chi connectivity index (χ1v) is 9.79. The van der Waals surface area contributed by atoms with Gasteiger partial charge in [-0.2, -0.15) is 0 Å². The lowest BCUT2D eigenvalue weighted by atomic mass is 10.1. The van der Waals surface area contributed by atoms with Crippen LogP contribution in [0.3, 0.4) is 0 Å². The minimum atomic E-state index is 0.445. The van der Waals surface area contributed by atoms with Gasteiger partial charge in [0.25, 0.3) is 0 Å². The summed E-state index contributed by atoms with van der Waals surface area (Å²) in [5.41, 5.74) is 2.02. The van der Waals surface area contributed by atoms with Gasteiger partial charge in [-0.05, 0) is 56.6 Å². The van der Waals surface area contributed by atoms with Crippen LogP contribution < -0.4 is 10.6 Å². The number of rotatable bonds is 4. The number of hydrogen-bond acceptors (Lipinski definition) is 7. The first-order chi connectivity index (χ1) is 12.7. The highest BCUT2D eigenvalue weighted by molar-refractivity contribution is 7.17. The van der Waals surface area contributed by atoms with Crippen molar-refractivity contribution >= 4 is 28.8 Å². The van der Waals surface area contributed by atoms with Gasteiger partial charge in [0.05, 0.1) is 0 Å². The third kappa shape index (κ3) is 3.85. The van der Waals surface area contributed by atoms with E-state index in [1.165, 1.54) is 11.3 Å². The Morgan fingerprint density at radius 2 is 1.96 bits per heavy atom. The Bertz CT molecular complexity index is 906. The molecule has 4 rings (SSSR count). The van der Waals surface area contributed by atoms with Crippen molar-refractivity contribution in [1.82, 2.24) is 25.5 Å². The van der Waals surface area contributed by atoms with Crippen LogP contribution in [0.4, 0.5) is 5.82 Å². The third-order valence-electron chi connectivity index (χ3n) is 4.37. The van der Waals surface area contributed by atoms with Gasteiger partial charge in [0.1, 0.15) is 10.8 Å². The van der Waals surface area contributed by atoms with Crippen LogP contribution >= 0.6 is 22.9 Å². The number of nitrogens with zero attached hydrogens (tertiary/aromatic N) is 4. The van der Waals surface area contributed by atoms with Crippen LogP contribution in [-0.2, 0) is 0 Å². The van der Waals surface area contributed by atoms with Crippen LogP contribution in [0.1, 0.15) is 18.4 Å². The van der Waals surface area contributed by atoms with E-state index >= 15 is 0 Å². The van der Waals surface area contributed by atoms with Gasteiger partial charge in [-0.25, -0.2) is 9.97 Å². The molecule has 0 spiro atoms. The molecule has 0 unspecified atom stereocenters. The first kappa shape index (κ1) is 17.3. The molecule has 1 aliphatic rings. The van der Waals surface area contributed by atoms with Crippen molar-refractivity contribution in [2.45, 2.75) is 25.8 Å². The molecule has 1 fully saturated rings. The van der Waals surface area contributed by atoms with Crippen LogP contribution in [0.25, 0.3) is 21.4 Å². The number of hydrogen-bond donors (Lipinski definition) is 2. The fourth-order valence-electron chi connectivity index (χ4n) is 2.93. The van der Waals surface area contributed by atoms with Crippen molar-refractivity contribution < 1.29 is 0 Å². The van der Waals surface area contributed by atoms with Crippen molar-refractivity contribution in [1.29, 1.82) is 0 Å². The van der Waals surface area contributed by atoms with E-state index in [2.05, 4.69) is 30.8 Å². The molecule has 1 aromatic carbocycles. The van der Waals surface area contributed by atoms with E-state index < -0.39 is 0 Å². The average molecular weight is 387 g/mol. The van der Waals surface area contributed by atoms with Crippen molar-refractivity contribution in [2.75, 3.05) is 18.4 Å². The summed E-state index contributed by atoms with van der Waals surface area (Å²) in [4.78, 5) is 8.98. The summed E-state index contributed by atoms with van der Waals surface area (Å²) in [6, 6.07) is 8.20. The van der Waals surface area contributed by atoms with Crippen LogP contribution in [0, 0.1) is 6.92 Å². The minimum Gasteiger partial charge on any atom is -0.367 e. The van der Waals surface area contributed by atoms with E-state index in [1.54, 1.807) is 6.20 Å². The van der Waals surface area contributed by atoms with E-state index in [9.17, 15) is 0 Å². The largest absolute Gasteiger partial charge is 0.367 e. The molecule has 0 radical (unpaired) electrons. The predicted octanol–water partition coefficient (Wildman–Crippen LogP) is 3.79. The van der Waals surface area contributed by atoms with Crippen molar-refractivity contribution in [3.05, 3.63) is 41.0 Å². The molecule has 2 aromatic heterocycles. The summed E-state index contributed by atoms with van der Waals surface area (Å²) in [5, 5.41) is 17.7. The number of aromatic nitrogens is 4. The SMILES string of the molecule is Cc1cc(-c2nnc(-c3nccc(NC4CCNCC4)n3)s2)ccc1Cl. The maximum atomic E-state index is 6.10. The molecule has 26 heavy (non-hydrogen) atoms. The minimum absolute atomic E-state index is 0.445. The molecular formula is C18H19ClN6S. The van der Waals surface area contributed by atoms with Gasteiger partial charge in [0.15, 0.2) is 10.8 Å². The second-order valence-corrected chi connectivity index (χ2v) is 7.70. The van der Waals surface area contributed by atoms with Crippen LogP contribution in [0.2, 0.25) is 5.02 Å². The lowest BCUT2D eigenvalue weighted by Crippen LogP contribution is -2.35. The molecule has 3 aromatic rings. The second-order valence-electron chi connectivity index (χ2n) is 6.31. The van der Waals surface area contributed by atoms with Gasteiger partial charge in [0, 0.05) is 22.8 Å². The van der Waals surface area contributed by atoms with Gasteiger partial charge in [-0.3, -0.25) is 0 Å². The lowest BCUT2D eigenvalue weighted by molar-refractivity contribution is 0.478. The second kappa shape index (κ2) is 7.65. The molecule has 3 heterocycles. The van der Waals surface area contributed by atoms with Crippen LogP contribution in [0.15, 0.2) is 30.5 Å². The summed E-state index contributed by atoms with van der Waals surface area (Å²) in [6.45, 7) is 4.05. The van der Waals surface area contributed by atoms with E-state index in [1.807, 2.05) is 31.2 Å². The highest BCUT2D eigenvalue weighted by atomic mass is 35.5. The fraction of sp³-hybridized carbons (Fsp3) is 0.333. The van der Waals surface area contributed by atoms with E-state index in [4.69, 9.17) is 11.6 Å². The molecule has 1 aliphatic heterocycles. The van der Waals surface area contributed by atoms with E-state index in [-0.39, 0.29) is 0 Å². The molecule has 6 nitrogen and oxygen atoms in total. The molecule has 0 aliphatic carbocycles. The molecule has 8 heteroatoms. The zero-order valence-electron chi connectivity index (χ0n) is 14.4. The number of piperidine rings is 1. The van der Waals surface area contributed by atoms with Crippen molar-refractivity contribution in [3.8, 4) is 21.4 Å². The molecule has 0 atom stereocenters. The highest BCUT2D eigenvalue weighted by Gasteiger charge is 2.15. The van der Waals surface area contributed by atoms with Gasteiger partial charge < -0.3 is 10.6 Å². The summed E-state index contributed by atoms with van der Waals surface area (Å²) >= 11 is 7.58. The number of nitrogens with one attached hydrogen (secondary N) is 2. The molecule has 0 bridgehead atoms. The molecular weight excluding hydrogens is 368 g/mol. The quantitative estimate of drug-likeness (QED) is 0.710. The summed E-state index contributed by atoms with van der Waals surface area (Å²) in [5.74, 6) is 1.43. The Morgan fingerprint density at radius 1 is 1.15 bits per heavy atom. The number of anilines is 1. The average Bonchev–Trinajstić information content (AvgIpc) is 3.15. The predicted molar refractivity (Wildman–Crippen MR) is 106 cm³/mol. The number of halogens is 1. The Hall–Kier alpha value is -2.09. The van der Waals surface area contributed by atoms with E-state index in [0.717, 1.165) is 52.9 Å². The molecule has 0 saturated carbocycles. The zero-order chi connectivity index (χ0) is 17.9. The number of aryl methyl sites for hydroxylation is 1. The smallest absolute Gasteiger partial charge is 0.192 e. The Kier molecular flexibility index (Phi) is 5.10. The first-order valence-electron chi connectivity index (χ1n) is 8.60. The summed E-state index contributed by atoms with van der Waals surface area (Å²) in [7, 11) is 0. The fourth-order valence-corrected chi connectivity index (χ4v) is 3.82. The summed E-state index contributed by atoms with van der Waals surface area (Å²) in [6.07, 6.45) is 3.95. The Balaban J connectivity index is 1.55. The maximum Gasteiger partial charge on any atom is 0.192 e. The third-order valence-corrected chi connectivity index (χ3v) is 5.76. The standard InChI is InChI=1S/C18H19ClN6S/c1-11-10-12(2-3-14(11)19)17-24-25-18(26-17)16-21-9-6-15(23-16)22-13-4-7-20-8-5-13/h2-3,6,9-10,13,20H,4-5,7-8H2,1H3,(H,21,22,23). The van der Waals surface area contributed by atoms with Gasteiger partial charge >= 0.3 is 0 Å². The Labute approximate surface area is 161 Å². The van der Waals surface area contributed by atoms with Crippen LogP contribution in [0.5, 0.6) is 0 Å². The van der Waals surface area contributed by atoms with E-state index in [0.29, 0.717) is 16.9 Å². The van der Waals surface area contributed by atoms with Gasteiger partial charge in [-0.15, -0.1) is 10.2 Å². The monoisotopic (exact) mass is 386 g/mol. The topological polar surface area (TPSA) is 75.6 Å². The molecule has 134 valence electrons. The maximum absolute atomic E-state index is 6.10. The van der Waals surface area contributed by atoms with Crippen molar-refractivity contribution in [2.24, 2.45) is 0 Å². The van der Waals surface area contributed by atoms with Crippen LogP contribution in [-0.4, -0.2) is 39.3 Å². The number of benzene rings is 1. The zero-order valence-corrected chi connectivity index (χ0v) is 15.9.